The monoisotopic (exact) mass is 597 g/mol. The number of hydrogen-bond donors (Lipinski definition) is 4. The third kappa shape index (κ3) is 10.8. The number of allylic oxidation sites excluding steroid dienone is 2. The largest absolute Gasteiger partial charge is 0.394 e. The van der Waals surface area contributed by atoms with Crippen LogP contribution in [0.4, 0.5) is 0 Å². The van der Waals surface area contributed by atoms with E-state index in [9.17, 15) is 20.4 Å². The maximum absolute atomic E-state index is 10.2. The van der Waals surface area contributed by atoms with Crippen LogP contribution >= 0.6 is 0 Å². The second-order valence-corrected chi connectivity index (χ2v) is 15.0. The van der Waals surface area contributed by atoms with Crippen LogP contribution < -0.4 is 0 Å². The van der Waals surface area contributed by atoms with Crippen LogP contribution in [-0.4, -0.2) is 64.3 Å². The van der Waals surface area contributed by atoms with E-state index < -0.39 is 37.3 Å². The summed E-state index contributed by atoms with van der Waals surface area (Å²) in [6.45, 7) is 19.0. The highest BCUT2D eigenvalue weighted by Crippen LogP contribution is 2.56. The molecule has 10 atom stereocenters. The highest BCUT2D eigenvalue weighted by molar-refractivity contribution is 5.05. The third-order valence-electron chi connectivity index (χ3n) is 10.9. The number of aliphatic hydroxyl groups is 4. The molecule has 0 aromatic rings. The predicted molar refractivity (Wildman–Crippen MR) is 172 cm³/mol. The molecule has 0 bridgehead atoms. The van der Waals surface area contributed by atoms with Crippen LogP contribution in [-0.2, 0) is 9.47 Å². The maximum atomic E-state index is 10.2. The molecule has 0 aromatic carbocycles. The number of ether oxygens (including phenoxy) is 2. The van der Waals surface area contributed by atoms with Crippen molar-refractivity contribution in [1.82, 2.24) is 0 Å². The second-order valence-electron chi connectivity index (χ2n) is 15.0. The first-order valence-electron chi connectivity index (χ1n) is 17.4. The van der Waals surface area contributed by atoms with Crippen LogP contribution in [0.1, 0.15) is 132 Å². The van der Waals surface area contributed by atoms with E-state index in [4.69, 9.17) is 9.47 Å². The van der Waals surface area contributed by atoms with Crippen molar-refractivity contribution in [2.24, 2.45) is 40.9 Å². The molecule has 248 valence electrons. The van der Waals surface area contributed by atoms with Crippen LogP contribution in [0.5, 0.6) is 0 Å². The molecule has 6 nitrogen and oxygen atoms in total. The van der Waals surface area contributed by atoms with Gasteiger partial charge in [0.25, 0.3) is 0 Å². The topological polar surface area (TPSA) is 99.4 Å². The van der Waals surface area contributed by atoms with E-state index in [1.807, 2.05) is 0 Å². The van der Waals surface area contributed by atoms with Gasteiger partial charge in [-0.1, -0.05) is 85.8 Å². The number of aliphatic hydroxyl groups excluding tert-OH is 4. The second kappa shape index (κ2) is 18.5. The molecule has 1 saturated heterocycles. The van der Waals surface area contributed by atoms with Crippen LogP contribution in [0.15, 0.2) is 11.6 Å². The Balaban J connectivity index is 1.83. The minimum atomic E-state index is -1.40. The van der Waals surface area contributed by atoms with E-state index in [2.05, 4.69) is 61.5 Å². The van der Waals surface area contributed by atoms with E-state index >= 15 is 0 Å². The lowest BCUT2D eigenvalue weighted by molar-refractivity contribution is -0.301. The fraction of sp³-hybridized carbons (Fsp3) is 0.944. The van der Waals surface area contributed by atoms with E-state index in [-0.39, 0.29) is 0 Å². The van der Waals surface area contributed by atoms with E-state index in [0.717, 1.165) is 48.9 Å². The lowest BCUT2D eigenvalue weighted by Crippen LogP contribution is -2.59. The van der Waals surface area contributed by atoms with Crippen LogP contribution in [0, 0.1) is 40.9 Å². The molecule has 6 heteroatoms. The molecule has 0 radical (unpaired) electrons. The molecule has 1 aliphatic heterocycles. The van der Waals surface area contributed by atoms with Crippen molar-refractivity contribution in [3.63, 3.8) is 0 Å². The highest BCUT2D eigenvalue weighted by Gasteiger charge is 2.47. The molecule has 2 fully saturated rings. The maximum Gasteiger partial charge on any atom is 0.186 e. The Labute approximate surface area is 258 Å². The molecule has 1 saturated carbocycles. The zero-order chi connectivity index (χ0) is 31.4. The summed E-state index contributed by atoms with van der Waals surface area (Å²) in [6, 6.07) is 0. The molecule has 2 rings (SSSR count). The molecule has 1 heterocycles. The normalized spacial score (nSPS) is 34.0. The van der Waals surface area contributed by atoms with Gasteiger partial charge in [-0.05, 0) is 99.2 Å². The molecular formula is C36H68O6. The summed E-state index contributed by atoms with van der Waals surface area (Å²) in [7, 11) is 0. The molecule has 2 aliphatic rings. The Bertz CT molecular complexity index is 766. The molecule has 0 aromatic heterocycles. The van der Waals surface area contributed by atoms with Crippen molar-refractivity contribution >= 4 is 0 Å². The van der Waals surface area contributed by atoms with Gasteiger partial charge < -0.3 is 29.9 Å². The fourth-order valence-corrected chi connectivity index (χ4v) is 8.00. The van der Waals surface area contributed by atoms with Gasteiger partial charge >= 0.3 is 0 Å². The van der Waals surface area contributed by atoms with Crippen molar-refractivity contribution in [2.45, 2.75) is 163 Å². The average Bonchev–Trinajstić information content (AvgIpc) is 3.27. The van der Waals surface area contributed by atoms with Crippen LogP contribution in [0.25, 0.3) is 0 Å². The van der Waals surface area contributed by atoms with Crippen molar-refractivity contribution in [3.8, 4) is 0 Å². The van der Waals surface area contributed by atoms with Gasteiger partial charge in [-0.15, -0.1) is 0 Å². The Kier molecular flexibility index (Phi) is 16.6. The Morgan fingerprint density at radius 1 is 0.881 bits per heavy atom. The lowest BCUT2D eigenvalue weighted by Gasteiger charge is -2.41. The van der Waals surface area contributed by atoms with Gasteiger partial charge in [0.05, 0.1) is 6.61 Å². The van der Waals surface area contributed by atoms with Crippen molar-refractivity contribution in [3.05, 3.63) is 11.6 Å². The van der Waals surface area contributed by atoms with Gasteiger partial charge in [-0.2, -0.15) is 0 Å². The summed E-state index contributed by atoms with van der Waals surface area (Å²) in [5.74, 6) is 4.53. The van der Waals surface area contributed by atoms with Gasteiger partial charge in [0.1, 0.15) is 24.4 Å². The first-order chi connectivity index (χ1) is 19.8. The Hall–Kier alpha value is -0.500. The lowest BCUT2D eigenvalue weighted by atomic mass is 9.64. The summed E-state index contributed by atoms with van der Waals surface area (Å²) in [5.41, 5.74) is 1.98. The SMILES string of the molecule is C/C=C(/CCC[C@@H]1CCC(C(C)CCCC(C)C)C1(C)CCC(C)C)C(C)CCCOC1OC(CO)C(O)C(O)C1O. The molecule has 0 spiro atoms. The summed E-state index contributed by atoms with van der Waals surface area (Å²) < 4.78 is 11.2. The molecular weight excluding hydrogens is 528 g/mol. The standard InChI is InChI=1S/C36H68O6/c1-9-28(26(6)15-12-22-41-35-34(40)33(39)32(38)31(23-37)42-35)16-11-17-29-18-19-30(27(7)14-10-13-24(2)3)36(29,8)21-20-25(4)5/h9,24-27,29-35,37-40H,10-23H2,1-8H3/b28-9-/t26?,27?,29-,30?,31?,32?,33?,34?,35?,36?/m1/s1. The minimum absolute atomic E-state index is 0.386. The molecule has 9 unspecified atom stereocenters. The summed E-state index contributed by atoms with van der Waals surface area (Å²) >= 11 is 0. The fourth-order valence-electron chi connectivity index (χ4n) is 8.00. The third-order valence-corrected chi connectivity index (χ3v) is 10.9. The highest BCUT2D eigenvalue weighted by atomic mass is 16.7. The first-order valence-corrected chi connectivity index (χ1v) is 17.4. The minimum Gasteiger partial charge on any atom is -0.394 e. The smallest absolute Gasteiger partial charge is 0.186 e. The zero-order valence-corrected chi connectivity index (χ0v) is 28.4. The van der Waals surface area contributed by atoms with Crippen molar-refractivity contribution in [2.75, 3.05) is 13.2 Å². The zero-order valence-electron chi connectivity index (χ0n) is 28.4. The summed E-state index contributed by atoms with van der Waals surface area (Å²) in [5, 5.41) is 39.5. The van der Waals surface area contributed by atoms with E-state index in [1.54, 1.807) is 0 Å². The average molecular weight is 597 g/mol. The Morgan fingerprint density at radius 3 is 2.19 bits per heavy atom. The van der Waals surface area contributed by atoms with Gasteiger partial charge in [-0.3, -0.25) is 0 Å². The Morgan fingerprint density at radius 2 is 1.57 bits per heavy atom. The van der Waals surface area contributed by atoms with Crippen LogP contribution in [0.3, 0.4) is 0 Å². The molecule has 4 N–H and O–H groups in total. The molecule has 0 amide bonds. The summed E-state index contributed by atoms with van der Waals surface area (Å²) in [4.78, 5) is 0. The van der Waals surface area contributed by atoms with Gasteiger partial charge in [0.2, 0.25) is 0 Å². The predicted octanol–water partition coefficient (Wildman–Crippen LogP) is 7.27. The van der Waals surface area contributed by atoms with Gasteiger partial charge in [0.15, 0.2) is 6.29 Å². The van der Waals surface area contributed by atoms with Crippen LogP contribution in [0.2, 0.25) is 0 Å². The number of hydrogen-bond acceptors (Lipinski definition) is 6. The van der Waals surface area contributed by atoms with Gasteiger partial charge in [0, 0.05) is 6.61 Å². The number of rotatable bonds is 19. The van der Waals surface area contributed by atoms with E-state index in [0.29, 0.717) is 17.9 Å². The first kappa shape index (κ1) is 37.7. The molecule has 1 aliphatic carbocycles. The molecule has 42 heavy (non-hydrogen) atoms. The van der Waals surface area contributed by atoms with Gasteiger partial charge in [-0.25, -0.2) is 0 Å². The quantitative estimate of drug-likeness (QED) is 0.0925. The van der Waals surface area contributed by atoms with E-state index in [1.165, 1.54) is 63.4 Å². The van der Waals surface area contributed by atoms with Crippen molar-refractivity contribution in [1.29, 1.82) is 0 Å². The van der Waals surface area contributed by atoms with Crippen molar-refractivity contribution < 1.29 is 29.9 Å². The summed E-state index contributed by atoms with van der Waals surface area (Å²) in [6.07, 6.45) is 11.4.